The van der Waals surface area contributed by atoms with Crippen molar-refractivity contribution in [3.63, 3.8) is 0 Å². The maximum atomic E-state index is 12.4. The second kappa shape index (κ2) is 5.42. The van der Waals surface area contributed by atoms with E-state index in [9.17, 15) is 13.2 Å². The first-order chi connectivity index (χ1) is 10.5. The summed E-state index contributed by atoms with van der Waals surface area (Å²) in [4.78, 5) is 15.5. The number of H-pyrrole nitrogens is 1. The van der Waals surface area contributed by atoms with Crippen LogP contribution in [0, 0.1) is 0 Å². The standard InChI is InChI=1S/C17H15NO3S/c1-22(20,21)11-15(19)17-16(12-7-3-2-4-8-12)13-9-5-6-10-14(13)18-17/h2-10,18H,11H2,1H3. The molecular formula is C17H15NO3S. The first-order valence-electron chi connectivity index (χ1n) is 6.83. The van der Waals surface area contributed by atoms with Gasteiger partial charge in [0.25, 0.3) is 0 Å². The van der Waals surface area contributed by atoms with E-state index in [2.05, 4.69) is 4.98 Å². The topological polar surface area (TPSA) is 67.0 Å². The molecule has 0 bridgehead atoms. The minimum absolute atomic E-state index is 0.345. The zero-order valence-electron chi connectivity index (χ0n) is 12.0. The van der Waals surface area contributed by atoms with Crippen LogP contribution in [0.15, 0.2) is 54.6 Å². The molecule has 1 heterocycles. The summed E-state index contributed by atoms with van der Waals surface area (Å²) in [6.45, 7) is 0. The minimum atomic E-state index is -3.38. The molecule has 0 saturated heterocycles. The molecule has 4 nitrogen and oxygen atoms in total. The summed E-state index contributed by atoms with van der Waals surface area (Å²) in [7, 11) is -3.38. The van der Waals surface area contributed by atoms with Crippen molar-refractivity contribution in [1.29, 1.82) is 0 Å². The molecule has 0 atom stereocenters. The Kier molecular flexibility index (Phi) is 3.58. The van der Waals surface area contributed by atoms with E-state index in [0.29, 0.717) is 5.69 Å². The smallest absolute Gasteiger partial charge is 0.194 e. The Morgan fingerprint density at radius 1 is 1.00 bits per heavy atom. The lowest BCUT2D eigenvalue weighted by atomic mass is 10.0. The number of carbonyl (C=O) groups is 1. The van der Waals surface area contributed by atoms with E-state index in [1.807, 2.05) is 54.6 Å². The lowest BCUT2D eigenvalue weighted by Gasteiger charge is -2.04. The van der Waals surface area contributed by atoms with Crippen LogP contribution in [0.1, 0.15) is 10.5 Å². The summed E-state index contributed by atoms with van der Waals surface area (Å²) < 4.78 is 22.9. The second-order valence-corrected chi connectivity index (χ2v) is 7.42. The number of carbonyl (C=O) groups excluding carboxylic acids is 1. The van der Waals surface area contributed by atoms with Gasteiger partial charge in [-0.05, 0) is 11.6 Å². The Bertz CT molecular complexity index is 940. The molecule has 0 saturated carbocycles. The third-order valence-corrected chi connectivity index (χ3v) is 4.23. The van der Waals surface area contributed by atoms with E-state index in [-0.39, 0.29) is 0 Å². The highest BCUT2D eigenvalue weighted by Crippen LogP contribution is 2.32. The normalized spacial score (nSPS) is 11.7. The Morgan fingerprint density at radius 2 is 1.64 bits per heavy atom. The van der Waals surface area contributed by atoms with Gasteiger partial charge in [0.15, 0.2) is 15.6 Å². The molecule has 1 aromatic heterocycles. The average molecular weight is 313 g/mol. The molecule has 1 N–H and O–H groups in total. The molecule has 0 fully saturated rings. The predicted molar refractivity (Wildman–Crippen MR) is 87.8 cm³/mol. The number of nitrogens with one attached hydrogen (secondary N) is 1. The second-order valence-electron chi connectivity index (χ2n) is 5.28. The molecule has 0 aliphatic carbocycles. The van der Waals surface area contributed by atoms with E-state index < -0.39 is 21.4 Å². The summed E-state index contributed by atoms with van der Waals surface area (Å²) >= 11 is 0. The number of Topliss-reactive ketones (excluding diaryl/α,β-unsaturated/α-hetero) is 1. The number of aromatic amines is 1. The Labute approximate surface area is 128 Å². The van der Waals surface area contributed by atoms with Gasteiger partial charge in [0.1, 0.15) is 5.75 Å². The van der Waals surface area contributed by atoms with Crippen LogP contribution in [-0.4, -0.2) is 31.2 Å². The van der Waals surface area contributed by atoms with E-state index in [0.717, 1.165) is 28.3 Å². The van der Waals surface area contributed by atoms with Crippen LogP contribution >= 0.6 is 0 Å². The Hall–Kier alpha value is -2.40. The number of sulfone groups is 1. The summed E-state index contributed by atoms with van der Waals surface area (Å²) in [5.41, 5.74) is 2.80. The lowest BCUT2D eigenvalue weighted by molar-refractivity contribution is 0.101. The number of fused-ring (bicyclic) bond motifs is 1. The summed E-state index contributed by atoms with van der Waals surface area (Å²) in [5, 5.41) is 0.908. The first kappa shape index (κ1) is 14.5. The molecule has 2 aromatic carbocycles. The van der Waals surface area contributed by atoms with Crippen molar-refractivity contribution in [2.45, 2.75) is 0 Å². The highest BCUT2D eigenvalue weighted by molar-refractivity contribution is 7.91. The quantitative estimate of drug-likeness (QED) is 0.753. The van der Waals surface area contributed by atoms with Gasteiger partial charge in [0.2, 0.25) is 0 Å². The molecule has 3 aromatic rings. The molecule has 0 spiro atoms. The summed E-state index contributed by atoms with van der Waals surface area (Å²) in [6.07, 6.45) is 1.07. The highest BCUT2D eigenvalue weighted by Gasteiger charge is 2.21. The first-order valence-corrected chi connectivity index (χ1v) is 8.89. The van der Waals surface area contributed by atoms with Gasteiger partial charge in [0, 0.05) is 22.7 Å². The monoisotopic (exact) mass is 313 g/mol. The number of benzene rings is 2. The van der Waals surface area contributed by atoms with Crippen LogP contribution in [0.25, 0.3) is 22.0 Å². The average Bonchev–Trinajstić information content (AvgIpc) is 2.86. The number of para-hydroxylation sites is 1. The van der Waals surface area contributed by atoms with E-state index in [1.165, 1.54) is 0 Å². The Balaban J connectivity index is 2.24. The van der Waals surface area contributed by atoms with Gasteiger partial charge in [-0.2, -0.15) is 0 Å². The van der Waals surface area contributed by atoms with Crippen molar-refractivity contribution in [1.82, 2.24) is 4.98 Å². The highest BCUT2D eigenvalue weighted by atomic mass is 32.2. The number of hydrogen-bond acceptors (Lipinski definition) is 3. The van der Waals surface area contributed by atoms with E-state index in [1.54, 1.807) is 0 Å². The molecule has 5 heteroatoms. The fourth-order valence-corrected chi connectivity index (χ4v) is 3.19. The number of rotatable bonds is 4. The van der Waals surface area contributed by atoms with Crippen molar-refractivity contribution in [3.8, 4) is 11.1 Å². The van der Waals surface area contributed by atoms with Crippen LogP contribution in [0.5, 0.6) is 0 Å². The van der Waals surface area contributed by atoms with Gasteiger partial charge >= 0.3 is 0 Å². The predicted octanol–water partition coefficient (Wildman–Crippen LogP) is 3.06. The van der Waals surface area contributed by atoms with E-state index in [4.69, 9.17) is 0 Å². The zero-order chi connectivity index (χ0) is 15.7. The van der Waals surface area contributed by atoms with Crippen LogP contribution in [0.3, 0.4) is 0 Å². The fourth-order valence-electron chi connectivity index (χ4n) is 2.57. The largest absolute Gasteiger partial charge is 0.352 e. The molecule has 0 radical (unpaired) electrons. The third kappa shape index (κ3) is 2.80. The van der Waals surface area contributed by atoms with Gasteiger partial charge in [-0.15, -0.1) is 0 Å². The van der Waals surface area contributed by atoms with Gasteiger partial charge in [-0.25, -0.2) is 8.42 Å². The van der Waals surface area contributed by atoms with Crippen molar-refractivity contribution >= 4 is 26.5 Å². The molecule has 0 aliphatic heterocycles. The molecule has 0 unspecified atom stereocenters. The lowest BCUT2D eigenvalue weighted by Crippen LogP contribution is -2.15. The summed E-state index contributed by atoms with van der Waals surface area (Å²) in [5.74, 6) is -0.919. The molecule has 22 heavy (non-hydrogen) atoms. The van der Waals surface area contributed by atoms with Crippen LogP contribution in [0.4, 0.5) is 0 Å². The van der Waals surface area contributed by atoms with Crippen LogP contribution in [0.2, 0.25) is 0 Å². The van der Waals surface area contributed by atoms with Gasteiger partial charge in [-0.1, -0.05) is 48.5 Å². The van der Waals surface area contributed by atoms with Crippen LogP contribution in [-0.2, 0) is 9.84 Å². The maximum absolute atomic E-state index is 12.4. The number of hydrogen-bond donors (Lipinski definition) is 1. The van der Waals surface area contributed by atoms with Crippen molar-refractivity contribution in [2.24, 2.45) is 0 Å². The fraction of sp³-hybridized carbons (Fsp3) is 0.118. The van der Waals surface area contributed by atoms with Gasteiger partial charge in [-0.3, -0.25) is 4.79 Å². The van der Waals surface area contributed by atoms with Gasteiger partial charge < -0.3 is 4.98 Å². The third-order valence-electron chi connectivity index (χ3n) is 3.44. The molecule has 0 aliphatic rings. The molecular weight excluding hydrogens is 298 g/mol. The Morgan fingerprint density at radius 3 is 2.32 bits per heavy atom. The molecule has 112 valence electrons. The minimum Gasteiger partial charge on any atom is -0.352 e. The number of aromatic nitrogens is 1. The maximum Gasteiger partial charge on any atom is 0.194 e. The SMILES string of the molecule is CS(=O)(=O)CC(=O)c1[nH]c2ccccc2c1-c1ccccc1. The van der Waals surface area contributed by atoms with E-state index >= 15 is 0 Å². The van der Waals surface area contributed by atoms with Crippen molar-refractivity contribution in [2.75, 3.05) is 12.0 Å². The molecule has 3 rings (SSSR count). The van der Waals surface area contributed by atoms with Crippen LogP contribution < -0.4 is 0 Å². The number of ketones is 1. The van der Waals surface area contributed by atoms with Gasteiger partial charge in [0.05, 0.1) is 5.69 Å². The zero-order valence-corrected chi connectivity index (χ0v) is 12.9. The van der Waals surface area contributed by atoms with Crippen molar-refractivity contribution < 1.29 is 13.2 Å². The van der Waals surface area contributed by atoms with Crippen molar-refractivity contribution in [3.05, 3.63) is 60.3 Å². The molecule has 0 amide bonds. The summed E-state index contributed by atoms with van der Waals surface area (Å²) in [6, 6.07) is 17.1.